The Hall–Kier alpha value is -2.01. The van der Waals surface area contributed by atoms with Crippen molar-refractivity contribution in [3.05, 3.63) is 62.3 Å². The highest BCUT2D eigenvalue weighted by Crippen LogP contribution is 2.35. The number of hydrogen-bond acceptors (Lipinski definition) is 3. The lowest BCUT2D eigenvalue weighted by atomic mass is 9.89. The highest BCUT2D eigenvalue weighted by molar-refractivity contribution is 7.18. The molecule has 1 unspecified atom stereocenters. The molecule has 4 rings (SSSR count). The first-order chi connectivity index (χ1) is 11.5. The van der Waals surface area contributed by atoms with Crippen molar-refractivity contribution in [1.82, 2.24) is 9.55 Å². The molecule has 1 aliphatic carbocycles. The van der Waals surface area contributed by atoms with E-state index >= 15 is 0 Å². The molecule has 2 heterocycles. The normalized spacial score (nSPS) is 17.2. The molecule has 124 valence electrons. The molecule has 3 nitrogen and oxygen atoms in total. The van der Waals surface area contributed by atoms with E-state index in [0.29, 0.717) is 18.3 Å². The van der Waals surface area contributed by atoms with Crippen LogP contribution in [0.1, 0.15) is 35.2 Å². The average molecular weight is 342 g/mol. The van der Waals surface area contributed by atoms with Crippen molar-refractivity contribution in [2.75, 3.05) is 0 Å². The molecule has 1 atom stereocenters. The fourth-order valence-electron chi connectivity index (χ4n) is 3.48. The lowest BCUT2D eigenvalue weighted by Gasteiger charge is -2.17. The van der Waals surface area contributed by atoms with Gasteiger partial charge in [-0.2, -0.15) is 0 Å². The van der Waals surface area contributed by atoms with Crippen molar-refractivity contribution < 1.29 is 4.39 Å². The summed E-state index contributed by atoms with van der Waals surface area (Å²) in [4.78, 5) is 20.0. The topological polar surface area (TPSA) is 34.9 Å². The zero-order chi connectivity index (χ0) is 16.8. The molecule has 1 aromatic carbocycles. The average Bonchev–Trinajstić information content (AvgIpc) is 2.90. The van der Waals surface area contributed by atoms with E-state index < -0.39 is 0 Å². The van der Waals surface area contributed by atoms with Crippen LogP contribution in [0.2, 0.25) is 0 Å². The first kappa shape index (κ1) is 15.5. The number of thiophene rings is 1. The minimum atomic E-state index is -0.266. The van der Waals surface area contributed by atoms with Gasteiger partial charge in [-0.05, 0) is 55.4 Å². The van der Waals surface area contributed by atoms with Gasteiger partial charge in [0.05, 0.1) is 11.9 Å². The van der Waals surface area contributed by atoms with Gasteiger partial charge >= 0.3 is 0 Å². The predicted molar refractivity (Wildman–Crippen MR) is 95.3 cm³/mol. The minimum Gasteiger partial charge on any atom is -0.292 e. The third-order valence-electron chi connectivity index (χ3n) is 4.86. The lowest BCUT2D eigenvalue weighted by molar-refractivity contribution is 0.509. The Morgan fingerprint density at radius 1 is 1.33 bits per heavy atom. The summed E-state index contributed by atoms with van der Waals surface area (Å²) < 4.78 is 14.8. The van der Waals surface area contributed by atoms with Crippen molar-refractivity contribution >= 4 is 21.6 Å². The van der Waals surface area contributed by atoms with Crippen LogP contribution < -0.4 is 5.56 Å². The van der Waals surface area contributed by atoms with Gasteiger partial charge in [0.2, 0.25) is 0 Å². The van der Waals surface area contributed by atoms with E-state index in [4.69, 9.17) is 0 Å². The van der Waals surface area contributed by atoms with Crippen LogP contribution in [0, 0.1) is 18.7 Å². The number of rotatable bonds is 2. The zero-order valence-electron chi connectivity index (χ0n) is 13.8. The van der Waals surface area contributed by atoms with E-state index in [1.54, 1.807) is 28.0 Å². The van der Waals surface area contributed by atoms with Crippen molar-refractivity contribution in [3.8, 4) is 0 Å². The number of halogens is 1. The maximum atomic E-state index is 13.1. The Bertz CT molecular complexity index is 972. The Kier molecular flexibility index (Phi) is 3.76. The summed E-state index contributed by atoms with van der Waals surface area (Å²) in [5.74, 6) is 1.12. The van der Waals surface area contributed by atoms with E-state index in [1.165, 1.54) is 22.6 Å². The quantitative estimate of drug-likeness (QED) is 0.703. The fraction of sp³-hybridized carbons (Fsp3) is 0.368. The second-order valence-corrected chi connectivity index (χ2v) is 7.79. The van der Waals surface area contributed by atoms with Gasteiger partial charge in [-0.15, -0.1) is 11.3 Å². The van der Waals surface area contributed by atoms with Crippen LogP contribution in [0.3, 0.4) is 0 Å². The SMILES string of the molecule is Cc1nc2sc3c(c2c(=O)n1Cc1ccc(F)cc1)CCC(C)C3. The lowest BCUT2D eigenvalue weighted by Crippen LogP contribution is -2.25. The van der Waals surface area contributed by atoms with Crippen molar-refractivity contribution in [3.63, 3.8) is 0 Å². The zero-order valence-corrected chi connectivity index (χ0v) is 14.6. The number of aromatic nitrogens is 2. The van der Waals surface area contributed by atoms with E-state index in [9.17, 15) is 9.18 Å². The molecule has 0 aliphatic heterocycles. The smallest absolute Gasteiger partial charge is 0.262 e. The largest absolute Gasteiger partial charge is 0.292 e. The highest BCUT2D eigenvalue weighted by atomic mass is 32.1. The molecular formula is C19H19FN2OS. The van der Waals surface area contributed by atoms with Gasteiger partial charge in [-0.25, -0.2) is 9.37 Å². The van der Waals surface area contributed by atoms with Crippen LogP contribution in [0.25, 0.3) is 10.2 Å². The molecule has 0 saturated heterocycles. The number of fused-ring (bicyclic) bond motifs is 3. The van der Waals surface area contributed by atoms with Gasteiger partial charge in [0.15, 0.2) is 0 Å². The molecule has 0 radical (unpaired) electrons. The van der Waals surface area contributed by atoms with Gasteiger partial charge in [0.1, 0.15) is 16.5 Å². The van der Waals surface area contributed by atoms with Gasteiger partial charge in [0.25, 0.3) is 5.56 Å². The van der Waals surface area contributed by atoms with Gasteiger partial charge in [0, 0.05) is 4.88 Å². The number of nitrogens with zero attached hydrogens (tertiary/aromatic N) is 2. The number of aryl methyl sites for hydroxylation is 2. The van der Waals surface area contributed by atoms with Gasteiger partial charge in [-0.3, -0.25) is 9.36 Å². The summed E-state index contributed by atoms with van der Waals surface area (Å²) in [7, 11) is 0. The maximum absolute atomic E-state index is 13.1. The third-order valence-corrected chi connectivity index (χ3v) is 6.01. The highest BCUT2D eigenvalue weighted by Gasteiger charge is 2.23. The van der Waals surface area contributed by atoms with Crippen LogP contribution >= 0.6 is 11.3 Å². The van der Waals surface area contributed by atoms with Crippen LogP contribution in [0.4, 0.5) is 4.39 Å². The second kappa shape index (κ2) is 5.81. The van der Waals surface area contributed by atoms with Gasteiger partial charge in [-0.1, -0.05) is 19.1 Å². The minimum absolute atomic E-state index is 0.0360. The van der Waals surface area contributed by atoms with E-state index in [-0.39, 0.29) is 11.4 Å². The predicted octanol–water partition coefficient (Wildman–Crippen LogP) is 4.08. The monoisotopic (exact) mass is 342 g/mol. The molecule has 0 amide bonds. The molecule has 3 aromatic rings. The molecule has 24 heavy (non-hydrogen) atoms. The molecule has 0 spiro atoms. The molecule has 1 aliphatic rings. The van der Waals surface area contributed by atoms with Crippen LogP contribution in [-0.2, 0) is 19.4 Å². The number of benzene rings is 1. The van der Waals surface area contributed by atoms with Crippen molar-refractivity contribution in [1.29, 1.82) is 0 Å². The summed E-state index contributed by atoms with van der Waals surface area (Å²) >= 11 is 1.67. The molecule has 0 saturated carbocycles. The Labute approximate surface area is 143 Å². The Balaban J connectivity index is 1.84. The van der Waals surface area contributed by atoms with Crippen molar-refractivity contribution in [2.45, 2.75) is 39.7 Å². The van der Waals surface area contributed by atoms with Crippen LogP contribution in [0.5, 0.6) is 0 Å². The second-order valence-electron chi connectivity index (χ2n) is 6.71. The summed E-state index contributed by atoms with van der Waals surface area (Å²) in [6, 6.07) is 6.29. The molecule has 5 heteroatoms. The number of hydrogen-bond donors (Lipinski definition) is 0. The van der Waals surface area contributed by atoms with Crippen molar-refractivity contribution in [2.24, 2.45) is 5.92 Å². The summed E-state index contributed by atoms with van der Waals surface area (Å²) in [6.45, 7) is 4.55. The maximum Gasteiger partial charge on any atom is 0.262 e. The van der Waals surface area contributed by atoms with Crippen LogP contribution in [-0.4, -0.2) is 9.55 Å². The summed E-state index contributed by atoms with van der Waals surface area (Å²) in [5, 5.41) is 0.801. The molecule has 2 aromatic heterocycles. The molecule has 0 N–H and O–H groups in total. The summed E-state index contributed by atoms with van der Waals surface area (Å²) in [6.07, 6.45) is 3.14. The molecular weight excluding hydrogens is 323 g/mol. The molecule has 0 bridgehead atoms. The van der Waals surface area contributed by atoms with Crippen LogP contribution in [0.15, 0.2) is 29.1 Å². The third kappa shape index (κ3) is 2.57. The first-order valence-electron chi connectivity index (χ1n) is 8.29. The fourth-order valence-corrected chi connectivity index (χ4v) is 4.90. The van der Waals surface area contributed by atoms with E-state index in [0.717, 1.165) is 35.0 Å². The standard InChI is InChI=1S/C19H19FN2OS/c1-11-3-8-15-16(9-11)24-18-17(15)19(23)22(12(2)21-18)10-13-4-6-14(20)7-5-13/h4-7,11H,3,8-10H2,1-2H3. The molecule has 0 fully saturated rings. The van der Waals surface area contributed by atoms with E-state index in [2.05, 4.69) is 11.9 Å². The van der Waals surface area contributed by atoms with E-state index in [1.807, 2.05) is 6.92 Å². The Morgan fingerprint density at radius 2 is 2.08 bits per heavy atom. The summed E-state index contributed by atoms with van der Waals surface area (Å²) in [5.41, 5.74) is 2.15. The Morgan fingerprint density at radius 3 is 2.83 bits per heavy atom. The van der Waals surface area contributed by atoms with Gasteiger partial charge < -0.3 is 0 Å². The first-order valence-corrected chi connectivity index (χ1v) is 9.10.